The molecule has 0 aliphatic heterocycles. The van der Waals surface area contributed by atoms with Crippen LogP contribution in [0.15, 0.2) is 40.3 Å². The predicted molar refractivity (Wildman–Crippen MR) is 120 cm³/mol. The van der Waals surface area contributed by atoms with Gasteiger partial charge in [0.05, 0.1) is 21.2 Å². The highest BCUT2D eigenvalue weighted by atomic mass is 35.5. The quantitative estimate of drug-likeness (QED) is 0.463. The molecule has 0 atom stereocenters. The molecule has 8 heteroatoms. The third-order valence-corrected chi connectivity index (χ3v) is 6.30. The highest BCUT2D eigenvalue weighted by Gasteiger charge is 2.26. The molecule has 29 heavy (non-hydrogen) atoms. The van der Waals surface area contributed by atoms with Gasteiger partial charge in [-0.1, -0.05) is 64.7 Å². The van der Waals surface area contributed by atoms with E-state index >= 15 is 0 Å². The Hall–Kier alpha value is -1.76. The van der Waals surface area contributed by atoms with Crippen molar-refractivity contribution in [3.63, 3.8) is 0 Å². The van der Waals surface area contributed by atoms with Gasteiger partial charge in [0.2, 0.25) is 0 Å². The number of rotatable bonds is 4. The Morgan fingerprint density at radius 2 is 1.45 bits per heavy atom. The van der Waals surface area contributed by atoms with Crippen LogP contribution in [0, 0.1) is 0 Å². The molecule has 0 fully saturated rings. The van der Waals surface area contributed by atoms with Crippen LogP contribution in [-0.2, 0) is 20.9 Å². The zero-order chi connectivity index (χ0) is 22.2. The molecule has 0 unspecified atom stereocenters. The van der Waals surface area contributed by atoms with Crippen molar-refractivity contribution in [2.75, 3.05) is 0 Å². The molecule has 0 aliphatic carbocycles. The fourth-order valence-corrected chi connectivity index (χ4v) is 3.92. The van der Waals surface area contributed by atoms with E-state index in [1.165, 1.54) is 24.4 Å². The minimum Gasteiger partial charge on any atom is -0.507 e. The largest absolute Gasteiger partial charge is 0.507 e. The Morgan fingerprint density at radius 1 is 0.931 bits per heavy atom. The van der Waals surface area contributed by atoms with Crippen LogP contribution in [0.3, 0.4) is 0 Å². The average molecular weight is 457 g/mol. The Morgan fingerprint density at radius 3 is 1.90 bits per heavy atom. The number of hydrazone groups is 1. The van der Waals surface area contributed by atoms with Gasteiger partial charge in [-0.2, -0.15) is 13.5 Å². The number of nitrogens with zero attached hydrogens (tertiary/aromatic N) is 1. The van der Waals surface area contributed by atoms with E-state index in [0.717, 1.165) is 11.1 Å². The Balaban J connectivity index is 2.40. The number of hydrogen-bond acceptors (Lipinski definition) is 4. The molecular formula is C21H26Cl2N2O3S. The van der Waals surface area contributed by atoms with Crippen LogP contribution < -0.4 is 4.83 Å². The summed E-state index contributed by atoms with van der Waals surface area (Å²) in [6.45, 7) is 12.0. The van der Waals surface area contributed by atoms with Crippen LogP contribution in [0.2, 0.25) is 10.0 Å². The molecule has 0 aromatic heterocycles. The van der Waals surface area contributed by atoms with Gasteiger partial charge in [-0.3, -0.25) is 0 Å². The molecule has 5 nitrogen and oxygen atoms in total. The van der Waals surface area contributed by atoms with Gasteiger partial charge >= 0.3 is 0 Å². The summed E-state index contributed by atoms with van der Waals surface area (Å²) in [5.74, 6) is 0.249. The van der Waals surface area contributed by atoms with E-state index in [1.807, 2.05) is 53.7 Å². The zero-order valence-electron chi connectivity index (χ0n) is 17.3. The third kappa shape index (κ3) is 5.65. The van der Waals surface area contributed by atoms with Crippen molar-refractivity contribution in [3.8, 4) is 5.75 Å². The maximum Gasteiger partial charge on any atom is 0.276 e. The van der Waals surface area contributed by atoms with Gasteiger partial charge in [0.25, 0.3) is 10.0 Å². The first-order valence-corrected chi connectivity index (χ1v) is 11.2. The highest BCUT2D eigenvalue weighted by molar-refractivity contribution is 7.89. The summed E-state index contributed by atoms with van der Waals surface area (Å²) in [6.07, 6.45) is 1.42. The Bertz CT molecular complexity index is 1020. The topological polar surface area (TPSA) is 78.8 Å². The van der Waals surface area contributed by atoms with Crippen LogP contribution in [-0.4, -0.2) is 19.7 Å². The first kappa shape index (κ1) is 23.5. The lowest BCUT2D eigenvalue weighted by atomic mass is 9.78. The van der Waals surface area contributed by atoms with Gasteiger partial charge in [-0.15, -0.1) is 0 Å². The summed E-state index contributed by atoms with van der Waals surface area (Å²) in [6, 6.07) is 7.64. The summed E-state index contributed by atoms with van der Waals surface area (Å²) in [5.41, 5.74) is 1.60. The second-order valence-electron chi connectivity index (χ2n) is 8.89. The molecule has 0 radical (unpaired) electrons. The fourth-order valence-electron chi connectivity index (χ4n) is 2.74. The molecule has 0 saturated heterocycles. The number of hydrogen-bond donors (Lipinski definition) is 2. The van der Waals surface area contributed by atoms with Crippen LogP contribution in [0.25, 0.3) is 0 Å². The number of aromatic hydroxyl groups is 1. The number of nitrogens with one attached hydrogen (secondary N) is 1. The van der Waals surface area contributed by atoms with E-state index in [-0.39, 0.29) is 31.5 Å². The van der Waals surface area contributed by atoms with Crippen molar-refractivity contribution >= 4 is 39.4 Å². The van der Waals surface area contributed by atoms with Gasteiger partial charge in [-0.25, -0.2) is 4.83 Å². The summed E-state index contributed by atoms with van der Waals surface area (Å²) in [4.78, 5) is 2.14. The molecule has 2 aromatic rings. The summed E-state index contributed by atoms with van der Waals surface area (Å²) in [5, 5.41) is 15.1. The molecule has 0 saturated carbocycles. The Kier molecular flexibility index (Phi) is 6.62. The normalized spacial score (nSPS) is 13.1. The summed E-state index contributed by atoms with van der Waals surface area (Å²) >= 11 is 11.7. The van der Waals surface area contributed by atoms with Crippen molar-refractivity contribution in [2.24, 2.45) is 5.10 Å². The molecule has 0 spiro atoms. The van der Waals surface area contributed by atoms with Crippen molar-refractivity contribution in [2.45, 2.75) is 57.3 Å². The molecule has 0 heterocycles. The number of sulfonamides is 1. The average Bonchev–Trinajstić information content (AvgIpc) is 2.56. The lowest BCUT2D eigenvalue weighted by Gasteiger charge is -2.27. The minimum absolute atomic E-state index is 0.0412. The molecule has 2 rings (SSSR count). The lowest BCUT2D eigenvalue weighted by molar-refractivity contribution is 0.423. The number of halogens is 2. The molecule has 0 amide bonds. The van der Waals surface area contributed by atoms with Gasteiger partial charge < -0.3 is 5.11 Å². The van der Waals surface area contributed by atoms with E-state index in [9.17, 15) is 13.5 Å². The Labute approximate surface area is 182 Å². The van der Waals surface area contributed by atoms with Gasteiger partial charge in [0.15, 0.2) is 0 Å². The summed E-state index contributed by atoms with van der Waals surface area (Å²) < 4.78 is 24.9. The van der Waals surface area contributed by atoms with Crippen molar-refractivity contribution in [3.05, 3.63) is 57.1 Å². The standard InChI is InChI=1S/C21H26Cl2N2O3S/c1-20(2,3)15-9-13(10-16(19(15)26)21(4,5)6)12-24-25-29(27,28)14-7-8-17(22)18(23)11-14/h7-12,25-26H,1-6H3/b24-12+. The van der Waals surface area contributed by atoms with Gasteiger partial charge in [-0.05, 0) is 46.7 Å². The van der Waals surface area contributed by atoms with Crippen LogP contribution in [0.5, 0.6) is 5.75 Å². The van der Waals surface area contributed by atoms with Gasteiger partial charge in [0.1, 0.15) is 5.75 Å². The smallest absolute Gasteiger partial charge is 0.276 e. The molecule has 2 aromatic carbocycles. The molecule has 0 aliphatic rings. The van der Waals surface area contributed by atoms with Gasteiger partial charge in [0, 0.05) is 11.1 Å². The number of phenolic OH excluding ortho intramolecular Hbond substituents is 1. The fraction of sp³-hybridized carbons (Fsp3) is 0.381. The second-order valence-corrected chi connectivity index (χ2v) is 11.4. The van der Waals surface area contributed by atoms with E-state index < -0.39 is 10.0 Å². The van der Waals surface area contributed by atoms with Crippen molar-refractivity contribution in [1.29, 1.82) is 0 Å². The molecule has 0 bridgehead atoms. The van der Waals surface area contributed by atoms with E-state index in [0.29, 0.717) is 5.56 Å². The zero-order valence-corrected chi connectivity index (χ0v) is 19.7. The van der Waals surface area contributed by atoms with Crippen molar-refractivity contribution in [1.82, 2.24) is 4.83 Å². The highest BCUT2D eigenvalue weighted by Crippen LogP contribution is 2.39. The van der Waals surface area contributed by atoms with Crippen LogP contribution in [0.1, 0.15) is 58.2 Å². The number of benzene rings is 2. The van der Waals surface area contributed by atoms with Crippen LogP contribution >= 0.6 is 23.2 Å². The maximum absolute atomic E-state index is 12.4. The lowest BCUT2D eigenvalue weighted by Crippen LogP contribution is -2.19. The maximum atomic E-state index is 12.4. The molecular weight excluding hydrogens is 431 g/mol. The number of phenols is 1. The monoisotopic (exact) mass is 456 g/mol. The van der Waals surface area contributed by atoms with Crippen LogP contribution in [0.4, 0.5) is 0 Å². The third-order valence-electron chi connectivity index (χ3n) is 4.34. The van der Waals surface area contributed by atoms with E-state index in [2.05, 4.69) is 9.93 Å². The second kappa shape index (κ2) is 8.17. The minimum atomic E-state index is -3.90. The van der Waals surface area contributed by atoms with E-state index in [4.69, 9.17) is 23.2 Å². The first-order valence-electron chi connectivity index (χ1n) is 9.01. The van der Waals surface area contributed by atoms with Crippen molar-refractivity contribution < 1.29 is 13.5 Å². The molecule has 158 valence electrons. The molecule has 2 N–H and O–H groups in total. The summed E-state index contributed by atoms with van der Waals surface area (Å²) in [7, 11) is -3.90. The van der Waals surface area contributed by atoms with E-state index in [1.54, 1.807) is 0 Å². The first-order chi connectivity index (χ1) is 13.1. The SMILES string of the molecule is CC(C)(C)c1cc(/C=N/NS(=O)(=O)c2ccc(Cl)c(Cl)c2)cc(C(C)(C)C)c1O. The predicted octanol–water partition coefficient (Wildman–Crippen LogP) is 5.61.